The SMILES string of the molecule is NC(=O)CN1CC(=O)NC1=O. The number of nitrogens with two attached hydrogens (primary N) is 1. The van der Waals surface area contributed by atoms with Gasteiger partial charge in [0.15, 0.2) is 0 Å². The van der Waals surface area contributed by atoms with Crippen LogP contribution in [0.1, 0.15) is 0 Å². The number of hydrogen-bond donors (Lipinski definition) is 2. The summed E-state index contributed by atoms with van der Waals surface area (Å²) in [5.74, 6) is -1.04. The minimum Gasteiger partial charge on any atom is -0.368 e. The Bertz CT molecular complexity index is 225. The maximum atomic E-state index is 10.7. The summed E-state index contributed by atoms with van der Waals surface area (Å²) in [6.07, 6.45) is 0. The molecule has 0 bridgehead atoms. The lowest BCUT2D eigenvalue weighted by atomic mass is 10.5. The van der Waals surface area contributed by atoms with Crippen molar-refractivity contribution in [3.8, 4) is 0 Å². The van der Waals surface area contributed by atoms with E-state index in [9.17, 15) is 14.4 Å². The lowest BCUT2D eigenvalue weighted by Gasteiger charge is -2.08. The molecule has 4 amide bonds. The van der Waals surface area contributed by atoms with Crippen molar-refractivity contribution in [2.75, 3.05) is 13.1 Å². The molecular weight excluding hydrogens is 150 g/mol. The summed E-state index contributed by atoms with van der Waals surface area (Å²) in [7, 11) is 0. The number of nitrogens with one attached hydrogen (secondary N) is 1. The Morgan fingerprint density at radius 3 is 2.64 bits per heavy atom. The quantitative estimate of drug-likeness (QED) is 0.455. The van der Waals surface area contributed by atoms with Crippen molar-refractivity contribution < 1.29 is 14.4 Å². The molecule has 1 heterocycles. The van der Waals surface area contributed by atoms with Gasteiger partial charge in [0.25, 0.3) is 0 Å². The maximum absolute atomic E-state index is 10.7. The molecule has 1 saturated heterocycles. The Kier molecular flexibility index (Phi) is 1.75. The first kappa shape index (κ1) is 7.52. The summed E-state index contributed by atoms with van der Waals surface area (Å²) >= 11 is 0. The number of carbonyl (C=O) groups excluding carboxylic acids is 3. The topological polar surface area (TPSA) is 92.5 Å². The zero-order chi connectivity index (χ0) is 8.43. The number of urea groups is 1. The third kappa shape index (κ3) is 1.66. The summed E-state index contributed by atoms with van der Waals surface area (Å²) in [4.78, 5) is 32.6. The van der Waals surface area contributed by atoms with Crippen LogP contribution in [-0.4, -0.2) is 35.8 Å². The number of primary amides is 1. The maximum Gasteiger partial charge on any atom is 0.325 e. The molecule has 1 fully saturated rings. The fourth-order valence-electron chi connectivity index (χ4n) is 0.799. The normalized spacial score (nSPS) is 16.9. The van der Waals surface area contributed by atoms with E-state index in [1.54, 1.807) is 0 Å². The van der Waals surface area contributed by atoms with Gasteiger partial charge in [0.2, 0.25) is 11.8 Å². The van der Waals surface area contributed by atoms with E-state index in [4.69, 9.17) is 5.73 Å². The molecule has 1 aliphatic heterocycles. The summed E-state index contributed by atoms with van der Waals surface area (Å²) in [5, 5.41) is 2.01. The van der Waals surface area contributed by atoms with Crippen LogP contribution in [0.15, 0.2) is 0 Å². The second-order valence-corrected chi connectivity index (χ2v) is 2.18. The van der Waals surface area contributed by atoms with Gasteiger partial charge in [0.05, 0.1) is 0 Å². The summed E-state index contributed by atoms with van der Waals surface area (Å²) in [6, 6.07) is -0.561. The van der Waals surface area contributed by atoms with Gasteiger partial charge in [-0.1, -0.05) is 0 Å². The van der Waals surface area contributed by atoms with Crippen LogP contribution in [0.3, 0.4) is 0 Å². The van der Waals surface area contributed by atoms with E-state index >= 15 is 0 Å². The molecule has 0 aromatic carbocycles. The van der Waals surface area contributed by atoms with Crippen LogP contribution >= 0.6 is 0 Å². The van der Waals surface area contributed by atoms with Gasteiger partial charge in [-0.05, 0) is 0 Å². The standard InChI is InChI=1S/C5H7N3O3/c6-3(9)1-8-2-4(10)7-5(8)11/h1-2H2,(H2,6,9)(H,7,10,11). The van der Waals surface area contributed by atoms with Crippen molar-refractivity contribution >= 4 is 17.8 Å². The first-order chi connectivity index (χ1) is 5.09. The second kappa shape index (κ2) is 2.57. The number of carbonyl (C=O) groups is 3. The van der Waals surface area contributed by atoms with Gasteiger partial charge < -0.3 is 10.6 Å². The fourth-order valence-corrected chi connectivity index (χ4v) is 0.799. The van der Waals surface area contributed by atoms with Gasteiger partial charge >= 0.3 is 6.03 Å². The van der Waals surface area contributed by atoms with Crippen LogP contribution in [0.4, 0.5) is 4.79 Å². The summed E-state index contributed by atoms with van der Waals surface area (Å²) in [5.41, 5.74) is 4.81. The molecular formula is C5H7N3O3. The third-order valence-electron chi connectivity index (χ3n) is 1.21. The highest BCUT2D eigenvalue weighted by Gasteiger charge is 2.27. The van der Waals surface area contributed by atoms with Gasteiger partial charge in [0, 0.05) is 0 Å². The molecule has 6 nitrogen and oxygen atoms in total. The molecule has 11 heavy (non-hydrogen) atoms. The van der Waals surface area contributed by atoms with E-state index in [1.165, 1.54) is 0 Å². The summed E-state index contributed by atoms with van der Waals surface area (Å²) < 4.78 is 0. The van der Waals surface area contributed by atoms with Crippen molar-refractivity contribution in [1.29, 1.82) is 0 Å². The van der Waals surface area contributed by atoms with E-state index in [0.717, 1.165) is 4.90 Å². The molecule has 1 aliphatic rings. The molecule has 0 unspecified atom stereocenters. The Morgan fingerprint density at radius 1 is 1.64 bits per heavy atom. The molecule has 60 valence electrons. The zero-order valence-electron chi connectivity index (χ0n) is 5.66. The number of amides is 4. The first-order valence-electron chi connectivity index (χ1n) is 2.96. The molecule has 0 spiro atoms. The average Bonchev–Trinajstić information content (AvgIpc) is 2.09. The highest BCUT2D eigenvalue weighted by atomic mass is 16.2. The molecule has 0 saturated carbocycles. The average molecular weight is 157 g/mol. The fraction of sp³-hybridized carbons (Fsp3) is 0.400. The molecule has 0 aliphatic carbocycles. The van der Waals surface area contributed by atoms with Crippen LogP contribution in [0, 0.1) is 0 Å². The van der Waals surface area contributed by atoms with Crippen molar-refractivity contribution in [3.63, 3.8) is 0 Å². The summed E-state index contributed by atoms with van der Waals surface area (Å²) in [6.45, 7) is -0.292. The van der Waals surface area contributed by atoms with Gasteiger partial charge in [-0.25, -0.2) is 4.79 Å². The molecule has 0 aromatic heterocycles. The zero-order valence-corrected chi connectivity index (χ0v) is 5.66. The van der Waals surface area contributed by atoms with E-state index in [0.29, 0.717) is 0 Å². The van der Waals surface area contributed by atoms with Crippen LogP contribution in [-0.2, 0) is 9.59 Å². The van der Waals surface area contributed by atoms with Gasteiger partial charge in [-0.15, -0.1) is 0 Å². The Balaban J connectivity index is 2.53. The molecule has 0 atom stereocenters. The number of rotatable bonds is 2. The predicted molar refractivity (Wildman–Crippen MR) is 34.3 cm³/mol. The minimum atomic E-state index is -0.630. The van der Waals surface area contributed by atoms with Crippen LogP contribution in [0.5, 0.6) is 0 Å². The lowest BCUT2D eigenvalue weighted by Crippen LogP contribution is -2.36. The highest BCUT2D eigenvalue weighted by Crippen LogP contribution is 1.95. The van der Waals surface area contributed by atoms with E-state index in [2.05, 4.69) is 0 Å². The molecule has 3 N–H and O–H groups in total. The Labute approximate surface area is 62.3 Å². The van der Waals surface area contributed by atoms with Gasteiger partial charge in [0.1, 0.15) is 13.1 Å². The second-order valence-electron chi connectivity index (χ2n) is 2.18. The van der Waals surface area contributed by atoms with Crippen molar-refractivity contribution in [1.82, 2.24) is 10.2 Å². The van der Waals surface area contributed by atoms with Gasteiger partial charge in [-0.3, -0.25) is 14.9 Å². The molecule has 6 heteroatoms. The number of nitrogens with zero attached hydrogens (tertiary/aromatic N) is 1. The monoisotopic (exact) mass is 157 g/mol. The number of hydrogen-bond acceptors (Lipinski definition) is 3. The Morgan fingerprint density at radius 2 is 2.27 bits per heavy atom. The van der Waals surface area contributed by atoms with Crippen LogP contribution < -0.4 is 11.1 Å². The minimum absolute atomic E-state index is 0.0816. The molecule has 0 aromatic rings. The van der Waals surface area contributed by atoms with Crippen LogP contribution in [0.2, 0.25) is 0 Å². The molecule has 1 rings (SSSR count). The van der Waals surface area contributed by atoms with E-state index < -0.39 is 17.8 Å². The van der Waals surface area contributed by atoms with Crippen LogP contribution in [0.25, 0.3) is 0 Å². The van der Waals surface area contributed by atoms with Crippen molar-refractivity contribution in [2.45, 2.75) is 0 Å². The molecule has 0 radical (unpaired) electrons. The highest BCUT2D eigenvalue weighted by molar-refractivity contribution is 6.03. The smallest absolute Gasteiger partial charge is 0.325 e. The van der Waals surface area contributed by atoms with Crippen molar-refractivity contribution in [2.24, 2.45) is 5.73 Å². The lowest BCUT2D eigenvalue weighted by molar-refractivity contribution is -0.119. The van der Waals surface area contributed by atoms with E-state index in [-0.39, 0.29) is 13.1 Å². The first-order valence-corrected chi connectivity index (χ1v) is 2.96. The Hall–Kier alpha value is -1.59. The largest absolute Gasteiger partial charge is 0.368 e. The predicted octanol–water partition coefficient (Wildman–Crippen LogP) is -1.98. The third-order valence-corrected chi connectivity index (χ3v) is 1.21. The van der Waals surface area contributed by atoms with Crippen molar-refractivity contribution in [3.05, 3.63) is 0 Å². The number of imide groups is 1. The van der Waals surface area contributed by atoms with E-state index in [1.807, 2.05) is 5.32 Å². The van der Waals surface area contributed by atoms with Gasteiger partial charge in [-0.2, -0.15) is 0 Å².